The molecule has 0 aromatic carbocycles. The van der Waals surface area contributed by atoms with Crippen molar-refractivity contribution >= 4 is 34.4 Å². The molecule has 3 aromatic rings. The van der Waals surface area contributed by atoms with Crippen molar-refractivity contribution < 1.29 is 14.0 Å². The maximum absolute atomic E-state index is 12.8. The average Bonchev–Trinajstić information content (AvgIpc) is 3.35. The highest BCUT2D eigenvalue weighted by Gasteiger charge is 2.19. The van der Waals surface area contributed by atoms with E-state index in [0.717, 1.165) is 26.0 Å². The van der Waals surface area contributed by atoms with E-state index in [1.165, 1.54) is 0 Å². The maximum Gasteiger partial charge on any atom is 0.223 e. The van der Waals surface area contributed by atoms with Gasteiger partial charge in [-0.3, -0.25) is 9.59 Å². The fourth-order valence-corrected chi connectivity index (χ4v) is 4.50. The van der Waals surface area contributed by atoms with Gasteiger partial charge in [0.1, 0.15) is 5.76 Å². The Morgan fingerprint density at radius 2 is 1.96 bits per heavy atom. The monoisotopic (exact) mass is 387 g/mol. The number of amides is 1. The second-order valence-electron chi connectivity index (χ2n) is 6.16. The third-order valence-corrected chi connectivity index (χ3v) is 5.94. The Kier molecular flexibility index (Phi) is 6.06. The highest BCUT2D eigenvalue weighted by molar-refractivity contribution is 7.12. The molecule has 0 radical (unpaired) electrons. The molecule has 26 heavy (non-hydrogen) atoms. The molecule has 0 atom stereocenters. The fraction of sp³-hybridized carbons (Fsp3) is 0.300. The van der Waals surface area contributed by atoms with Gasteiger partial charge in [0, 0.05) is 33.0 Å². The summed E-state index contributed by atoms with van der Waals surface area (Å²) >= 11 is 3.23. The Labute approximate surface area is 161 Å². The van der Waals surface area contributed by atoms with Crippen LogP contribution in [0.5, 0.6) is 0 Å². The molecule has 0 aliphatic carbocycles. The van der Waals surface area contributed by atoms with Gasteiger partial charge in [0.25, 0.3) is 0 Å². The molecular formula is C20H21NO3S2. The van der Waals surface area contributed by atoms with Crippen molar-refractivity contribution in [1.29, 1.82) is 0 Å². The number of hydrogen-bond donors (Lipinski definition) is 0. The van der Waals surface area contributed by atoms with E-state index in [1.807, 2.05) is 49.6 Å². The van der Waals surface area contributed by atoms with Gasteiger partial charge < -0.3 is 9.32 Å². The summed E-state index contributed by atoms with van der Waals surface area (Å²) in [6, 6.07) is 9.57. The summed E-state index contributed by atoms with van der Waals surface area (Å²) in [6.07, 6.45) is 2.04. The molecule has 0 aliphatic heterocycles. The molecular weight excluding hydrogens is 366 g/mol. The number of nitrogens with zero attached hydrogens (tertiary/aromatic N) is 1. The predicted molar refractivity (Wildman–Crippen MR) is 105 cm³/mol. The summed E-state index contributed by atoms with van der Waals surface area (Å²) in [7, 11) is 0. The highest BCUT2D eigenvalue weighted by atomic mass is 32.1. The summed E-state index contributed by atoms with van der Waals surface area (Å²) in [5.41, 5.74) is 0.746. The number of rotatable bonds is 8. The first-order chi connectivity index (χ1) is 12.5. The lowest BCUT2D eigenvalue weighted by Crippen LogP contribution is -2.30. The normalized spacial score (nSPS) is 10.8. The second-order valence-corrected chi connectivity index (χ2v) is 8.65. The van der Waals surface area contributed by atoms with Crippen LogP contribution in [0.15, 0.2) is 46.4 Å². The van der Waals surface area contributed by atoms with Gasteiger partial charge in [-0.05, 0) is 43.5 Å². The van der Waals surface area contributed by atoms with Crippen molar-refractivity contribution in [1.82, 2.24) is 4.90 Å². The summed E-state index contributed by atoms with van der Waals surface area (Å²) in [5, 5.41) is 2.00. The topological polar surface area (TPSA) is 50.5 Å². The lowest BCUT2D eigenvalue weighted by molar-refractivity contribution is -0.132. The van der Waals surface area contributed by atoms with Crippen LogP contribution in [0.1, 0.15) is 43.6 Å². The number of hydrogen-bond acceptors (Lipinski definition) is 5. The molecule has 0 bridgehead atoms. The first-order valence-corrected chi connectivity index (χ1v) is 10.2. The molecule has 3 rings (SSSR count). The average molecular weight is 388 g/mol. The summed E-state index contributed by atoms with van der Waals surface area (Å²) < 4.78 is 5.39. The van der Waals surface area contributed by atoms with E-state index >= 15 is 0 Å². The van der Waals surface area contributed by atoms with E-state index in [9.17, 15) is 9.59 Å². The molecule has 136 valence electrons. The van der Waals surface area contributed by atoms with Crippen LogP contribution in [0.2, 0.25) is 0 Å². The molecule has 4 nitrogen and oxygen atoms in total. The fourth-order valence-electron chi connectivity index (χ4n) is 2.83. The van der Waals surface area contributed by atoms with Crippen LogP contribution in [0, 0.1) is 13.8 Å². The second kappa shape index (κ2) is 8.47. The van der Waals surface area contributed by atoms with E-state index in [1.54, 1.807) is 33.8 Å². The number of carbonyl (C=O) groups is 2. The molecule has 3 aromatic heterocycles. The van der Waals surface area contributed by atoms with Crippen LogP contribution in [-0.4, -0.2) is 16.6 Å². The van der Waals surface area contributed by atoms with Gasteiger partial charge in [0.15, 0.2) is 5.78 Å². The Balaban J connectivity index is 1.64. The van der Waals surface area contributed by atoms with Crippen LogP contribution < -0.4 is 0 Å². The van der Waals surface area contributed by atoms with Crippen LogP contribution in [0.3, 0.4) is 0 Å². The number of Topliss-reactive ketones (excluding diaryl/α,β-unsaturated/α-hetero) is 1. The Hall–Kier alpha value is -2.18. The van der Waals surface area contributed by atoms with Gasteiger partial charge in [-0.15, -0.1) is 22.7 Å². The van der Waals surface area contributed by atoms with E-state index < -0.39 is 0 Å². The van der Waals surface area contributed by atoms with Gasteiger partial charge in [0.2, 0.25) is 5.91 Å². The number of ketones is 1. The van der Waals surface area contributed by atoms with Gasteiger partial charge in [-0.25, -0.2) is 0 Å². The van der Waals surface area contributed by atoms with Crippen molar-refractivity contribution in [2.24, 2.45) is 0 Å². The molecule has 0 spiro atoms. The Bertz CT molecular complexity index is 827. The quantitative estimate of drug-likeness (QED) is 0.499. The van der Waals surface area contributed by atoms with Crippen LogP contribution >= 0.6 is 22.7 Å². The van der Waals surface area contributed by atoms with Crippen LogP contribution in [0.25, 0.3) is 0 Å². The van der Waals surface area contributed by atoms with E-state index in [2.05, 4.69) is 0 Å². The lowest BCUT2D eigenvalue weighted by atomic mass is 10.1. The van der Waals surface area contributed by atoms with E-state index in [-0.39, 0.29) is 24.5 Å². The summed E-state index contributed by atoms with van der Waals surface area (Å²) in [6.45, 7) is 4.88. The minimum atomic E-state index is -0.0345. The third-order valence-electron chi connectivity index (χ3n) is 4.11. The van der Waals surface area contributed by atoms with Crippen molar-refractivity contribution in [3.63, 3.8) is 0 Å². The molecule has 0 fully saturated rings. The molecule has 0 saturated carbocycles. The minimum absolute atomic E-state index is 0.0345. The Morgan fingerprint density at radius 3 is 2.58 bits per heavy atom. The predicted octanol–water partition coefficient (Wildman–Crippen LogP) is 5.21. The van der Waals surface area contributed by atoms with Gasteiger partial charge in [0.05, 0.1) is 19.4 Å². The Morgan fingerprint density at radius 1 is 1.12 bits per heavy atom. The number of aryl methyl sites for hydroxylation is 2. The molecule has 0 N–H and O–H groups in total. The number of thiophene rings is 2. The van der Waals surface area contributed by atoms with Crippen molar-refractivity contribution in [3.8, 4) is 0 Å². The first-order valence-electron chi connectivity index (χ1n) is 8.45. The smallest absolute Gasteiger partial charge is 0.223 e. The number of furan rings is 1. The summed E-state index contributed by atoms with van der Waals surface area (Å²) in [5.74, 6) is 0.743. The van der Waals surface area contributed by atoms with Crippen molar-refractivity contribution in [2.75, 3.05) is 0 Å². The van der Waals surface area contributed by atoms with Crippen LogP contribution in [-0.2, 0) is 17.9 Å². The van der Waals surface area contributed by atoms with E-state index in [4.69, 9.17) is 4.42 Å². The highest BCUT2D eigenvalue weighted by Crippen LogP contribution is 2.23. The summed E-state index contributed by atoms with van der Waals surface area (Å²) in [4.78, 5) is 30.2. The molecule has 1 amide bonds. The lowest BCUT2D eigenvalue weighted by Gasteiger charge is -2.21. The zero-order chi connectivity index (χ0) is 18.5. The first kappa shape index (κ1) is 18.6. The zero-order valence-electron chi connectivity index (χ0n) is 14.9. The van der Waals surface area contributed by atoms with Gasteiger partial charge in [-0.1, -0.05) is 6.07 Å². The minimum Gasteiger partial charge on any atom is -0.467 e. The van der Waals surface area contributed by atoms with Crippen molar-refractivity contribution in [3.05, 3.63) is 67.9 Å². The molecule has 6 heteroatoms. The molecule has 0 unspecified atom stereocenters. The number of carbonyl (C=O) groups excluding carboxylic acids is 2. The zero-order valence-corrected chi connectivity index (χ0v) is 16.5. The largest absolute Gasteiger partial charge is 0.467 e. The van der Waals surface area contributed by atoms with Crippen molar-refractivity contribution in [2.45, 2.75) is 39.8 Å². The molecule has 0 saturated heterocycles. The third kappa shape index (κ3) is 4.71. The molecule has 3 heterocycles. The van der Waals surface area contributed by atoms with E-state index in [0.29, 0.717) is 13.1 Å². The van der Waals surface area contributed by atoms with Crippen LogP contribution in [0.4, 0.5) is 0 Å². The van der Waals surface area contributed by atoms with Gasteiger partial charge in [-0.2, -0.15) is 0 Å². The standard InChI is InChI=1S/C20H21NO3S2/c1-14-11-18(15(2)26-14)19(22)7-8-20(23)21(12-16-5-3-9-24-16)13-17-6-4-10-25-17/h3-6,9-11H,7-8,12-13H2,1-2H3. The molecule has 0 aliphatic rings. The maximum atomic E-state index is 12.8. The van der Waals surface area contributed by atoms with Gasteiger partial charge >= 0.3 is 0 Å². The SMILES string of the molecule is Cc1cc(C(=O)CCC(=O)N(Cc2ccco2)Cc2cccs2)c(C)s1.